The van der Waals surface area contributed by atoms with Crippen molar-refractivity contribution in [3.05, 3.63) is 59.8 Å². The van der Waals surface area contributed by atoms with Gasteiger partial charge in [0, 0.05) is 68.5 Å². The number of piperazine rings is 1. The molecule has 0 bridgehead atoms. The molecule has 2 aromatic carbocycles. The summed E-state index contributed by atoms with van der Waals surface area (Å²) in [5, 5.41) is 0. The lowest BCUT2D eigenvalue weighted by Crippen LogP contribution is -2.45. The predicted octanol–water partition coefficient (Wildman–Crippen LogP) is 14.4. The van der Waals surface area contributed by atoms with Crippen LogP contribution in [0.5, 0.6) is 17.2 Å². The molecule has 11 nitrogen and oxygen atoms in total. The van der Waals surface area contributed by atoms with Crippen molar-refractivity contribution in [2.24, 2.45) is 0 Å². The molecule has 0 aromatic heterocycles. The van der Waals surface area contributed by atoms with Crippen LogP contribution in [0.4, 0.5) is 5.69 Å². The van der Waals surface area contributed by atoms with Gasteiger partial charge in [0.05, 0.1) is 50.8 Å². The van der Waals surface area contributed by atoms with Crippen molar-refractivity contribution in [2.75, 3.05) is 84.4 Å². The lowest BCUT2D eigenvalue weighted by Gasteiger charge is -2.37. The second-order valence-corrected chi connectivity index (χ2v) is 24.0. The molecule has 2 aromatic rings. The summed E-state index contributed by atoms with van der Waals surface area (Å²) in [6.45, 7) is 57.3. The molecule has 0 saturated carbocycles. The zero-order valence-corrected chi connectivity index (χ0v) is 49.7. The molecular weight excluding hydrogens is 893 g/mol. The molecule has 2 fully saturated rings. The van der Waals surface area contributed by atoms with E-state index in [1.165, 1.54) is 22.5 Å². The number of nitrogens with zero attached hydrogens (tertiary/aromatic N) is 2. The van der Waals surface area contributed by atoms with Crippen LogP contribution in [0.3, 0.4) is 0 Å². The van der Waals surface area contributed by atoms with Gasteiger partial charge in [-0.3, -0.25) is 0 Å². The van der Waals surface area contributed by atoms with Gasteiger partial charge in [0.15, 0.2) is 6.29 Å². The Hall–Kier alpha value is -3.06. The molecular formula is C60H108N2O9. The Morgan fingerprint density at radius 2 is 1.14 bits per heavy atom. The molecule has 0 N–H and O–H groups in total. The third kappa shape index (κ3) is 28.3. The first-order valence-electron chi connectivity index (χ1n) is 26.9. The summed E-state index contributed by atoms with van der Waals surface area (Å²) < 4.78 is 50.7. The Kier molecular flexibility index (Phi) is 28.8. The smallest absolute Gasteiger partial charge is 0.180 e. The van der Waals surface area contributed by atoms with Crippen LogP contribution in [0.2, 0.25) is 0 Å². The van der Waals surface area contributed by atoms with Crippen molar-refractivity contribution in [1.82, 2.24) is 4.90 Å². The highest BCUT2D eigenvalue weighted by Gasteiger charge is 2.32. The molecule has 0 spiro atoms. The quantitative estimate of drug-likeness (QED) is 0.119. The van der Waals surface area contributed by atoms with Gasteiger partial charge < -0.3 is 52.4 Å². The third-order valence-electron chi connectivity index (χ3n) is 11.6. The number of ether oxygens (including phenoxy) is 9. The van der Waals surface area contributed by atoms with Gasteiger partial charge in [-0.1, -0.05) is 61.0 Å². The number of benzene rings is 2. The summed E-state index contributed by atoms with van der Waals surface area (Å²) >= 11 is 0. The van der Waals surface area contributed by atoms with E-state index >= 15 is 0 Å². The van der Waals surface area contributed by atoms with Gasteiger partial charge in [0.2, 0.25) is 0 Å². The lowest BCUT2D eigenvalue weighted by atomic mass is 9.75. The molecule has 11 heteroatoms. The number of methoxy groups -OCH3 is 1. The Bertz CT molecular complexity index is 1730. The van der Waals surface area contributed by atoms with Crippen molar-refractivity contribution in [2.45, 2.75) is 223 Å². The monoisotopic (exact) mass is 1000 g/mol. The van der Waals surface area contributed by atoms with Crippen LogP contribution < -0.4 is 19.1 Å². The second kappa shape index (κ2) is 31.0. The maximum atomic E-state index is 6.42. The third-order valence-corrected chi connectivity index (χ3v) is 11.6. The molecule has 0 radical (unpaired) electrons. The fourth-order valence-corrected chi connectivity index (χ4v) is 8.18. The van der Waals surface area contributed by atoms with Gasteiger partial charge in [0.1, 0.15) is 28.5 Å². The molecule has 2 heterocycles. The van der Waals surface area contributed by atoms with E-state index in [2.05, 4.69) is 164 Å². The minimum atomic E-state index is -0.228. The van der Waals surface area contributed by atoms with E-state index in [9.17, 15) is 0 Å². The fraction of sp³-hybridized carbons (Fsp3) is 0.767. The van der Waals surface area contributed by atoms with Crippen LogP contribution in [-0.4, -0.2) is 119 Å². The lowest BCUT2D eigenvalue weighted by molar-refractivity contribution is -0.185. The van der Waals surface area contributed by atoms with Crippen molar-refractivity contribution in [3.63, 3.8) is 0 Å². The Balaban J connectivity index is 0.000000492. The van der Waals surface area contributed by atoms with Gasteiger partial charge in [0.25, 0.3) is 0 Å². The summed E-state index contributed by atoms with van der Waals surface area (Å²) in [6.07, 6.45) is 5.47. The van der Waals surface area contributed by atoms with Crippen molar-refractivity contribution in [1.29, 1.82) is 0 Å². The van der Waals surface area contributed by atoms with Crippen molar-refractivity contribution >= 4 is 5.69 Å². The maximum Gasteiger partial charge on any atom is 0.180 e. The van der Waals surface area contributed by atoms with Gasteiger partial charge in [-0.25, -0.2) is 0 Å². The normalized spacial score (nSPS) is 16.0. The highest BCUT2D eigenvalue weighted by molar-refractivity contribution is 5.52. The van der Waals surface area contributed by atoms with Crippen LogP contribution in [0, 0.1) is 0 Å². The molecule has 71 heavy (non-hydrogen) atoms. The average molecular weight is 1000 g/mol. The average Bonchev–Trinajstić information content (AvgIpc) is 3.25. The molecule has 2 aliphatic rings. The van der Waals surface area contributed by atoms with Crippen molar-refractivity contribution < 1.29 is 42.6 Å². The number of hydrogen-bond donors (Lipinski definition) is 0. The van der Waals surface area contributed by atoms with E-state index in [0.29, 0.717) is 26.4 Å². The van der Waals surface area contributed by atoms with Crippen LogP contribution in [-0.2, 0) is 39.3 Å². The predicted molar refractivity (Wildman–Crippen MR) is 298 cm³/mol. The SMILES string of the molecule is C=C(C)N1CCN(c2ccc(OC(C)(C)C)cc2)CC1.CC(C)(C)OCCC1COCCO1.CCCC(C)(C)c1cc(OC(C)(C)C)c(C(C)(C)CCC)cc1OC.CCOC(COC(C)(C)C)OCC. The molecule has 0 amide bonds. The van der Waals surface area contributed by atoms with Gasteiger partial charge in [-0.2, -0.15) is 0 Å². The van der Waals surface area contributed by atoms with Gasteiger partial charge in [-0.05, 0) is 170 Å². The zero-order chi connectivity index (χ0) is 54.3. The first-order chi connectivity index (χ1) is 32.8. The number of allylic oxidation sites excluding steroid dienone is 1. The van der Waals surface area contributed by atoms with E-state index in [4.69, 9.17) is 42.6 Å². The van der Waals surface area contributed by atoms with Crippen LogP contribution in [0.15, 0.2) is 48.7 Å². The highest BCUT2D eigenvalue weighted by Crippen LogP contribution is 2.45. The summed E-state index contributed by atoms with van der Waals surface area (Å²) in [6, 6.07) is 12.9. The summed E-state index contributed by atoms with van der Waals surface area (Å²) in [7, 11) is 1.78. The molecule has 2 saturated heterocycles. The van der Waals surface area contributed by atoms with E-state index in [-0.39, 0.29) is 45.6 Å². The first kappa shape index (κ1) is 66.0. The molecule has 1 unspecified atom stereocenters. The first-order valence-corrected chi connectivity index (χ1v) is 26.9. The molecule has 412 valence electrons. The van der Waals surface area contributed by atoms with E-state index in [1.807, 2.05) is 34.6 Å². The fourth-order valence-electron chi connectivity index (χ4n) is 8.18. The zero-order valence-electron chi connectivity index (χ0n) is 49.7. The molecule has 4 rings (SSSR count). The van der Waals surface area contributed by atoms with E-state index in [0.717, 1.165) is 95.4 Å². The Morgan fingerprint density at radius 3 is 1.55 bits per heavy atom. The topological polar surface area (TPSA) is 89.6 Å². The summed E-state index contributed by atoms with van der Waals surface area (Å²) in [4.78, 5) is 4.76. The molecule has 2 aliphatic heterocycles. The second-order valence-electron chi connectivity index (χ2n) is 24.0. The summed E-state index contributed by atoms with van der Waals surface area (Å²) in [5.41, 5.74) is 4.49. The standard InChI is InChI=1S/C23H40O2.C17H26N2O.C10H20O3.C10H22O3/c1-11-13-22(6,7)17-16-20(25-21(3,4)5)18(15-19(17)24-10)23(8,9)14-12-2;1-14(2)18-10-12-19(13-11-18)15-6-8-16(9-7-15)20-17(3,4)5;1-10(2,3)13-5-4-9-8-11-6-7-12-9;1-6-11-9(12-7-2)8-13-10(3,4)5/h15-16H,11-14H2,1-10H3;6-9H,1,10-13H2,2-5H3;9H,4-8H2,1-3H3;9H,6-8H2,1-5H3. The Morgan fingerprint density at radius 1 is 0.648 bits per heavy atom. The number of anilines is 1. The van der Waals surface area contributed by atoms with E-state index < -0.39 is 0 Å². The van der Waals surface area contributed by atoms with Crippen LogP contribution in [0.1, 0.15) is 189 Å². The highest BCUT2D eigenvalue weighted by atomic mass is 16.7. The maximum absolute atomic E-state index is 6.42. The van der Waals surface area contributed by atoms with E-state index in [1.54, 1.807) is 7.11 Å². The molecule has 1 atom stereocenters. The van der Waals surface area contributed by atoms with Gasteiger partial charge >= 0.3 is 0 Å². The minimum Gasteiger partial charge on any atom is -0.496 e. The van der Waals surface area contributed by atoms with Crippen LogP contribution in [0.25, 0.3) is 0 Å². The van der Waals surface area contributed by atoms with Crippen molar-refractivity contribution in [3.8, 4) is 17.2 Å². The largest absolute Gasteiger partial charge is 0.496 e. The number of rotatable bonds is 20. The summed E-state index contributed by atoms with van der Waals surface area (Å²) in [5.74, 6) is 2.92. The van der Waals surface area contributed by atoms with Crippen LogP contribution >= 0.6 is 0 Å². The number of hydrogen-bond acceptors (Lipinski definition) is 11. The minimum absolute atomic E-state index is 0.0461. The molecule has 0 aliphatic carbocycles. The Labute approximate surface area is 436 Å². The van der Waals surface area contributed by atoms with Gasteiger partial charge in [-0.15, -0.1) is 0 Å².